The number of aryl methyl sites for hydroxylation is 1. The molecule has 0 aliphatic rings. The summed E-state index contributed by atoms with van der Waals surface area (Å²) in [6.45, 7) is 12.5. The number of ether oxygens (including phenoxy) is 1. The first-order valence-corrected chi connectivity index (χ1v) is 10.9. The van der Waals surface area contributed by atoms with Crippen LogP contribution < -0.4 is 4.74 Å². The highest BCUT2D eigenvalue weighted by atomic mass is 28.4. The highest BCUT2D eigenvalue weighted by molar-refractivity contribution is 6.60. The summed E-state index contributed by atoms with van der Waals surface area (Å²) in [5.74, 6) is 0.0578. The molecule has 7 heteroatoms. The van der Waals surface area contributed by atoms with Crippen LogP contribution in [0.1, 0.15) is 39.7 Å². The third-order valence-corrected chi connectivity index (χ3v) is 6.78. The van der Waals surface area contributed by atoms with Crippen molar-refractivity contribution in [2.45, 2.75) is 46.6 Å². The number of hydrogen-bond acceptors (Lipinski definition) is 6. The predicted octanol–water partition coefficient (Wildman–Crippen LogP) is 3.85. The van der Waals surface area contributed by atoms with E-state index < -0.39 is 14.8 Å². The SMILES string of the molecule is C=C(C)C(=O)Oc1ccc(O)c(CCC[Si](OCC)(OCC)OCC)c1. The van der Waals surface area contributed by atoms with Gasteiger partial charge in [0.1, 0.15) is 11.5 Å². The van der Waals surface area contributed by atoms with Crippen molar-refractivity contribution >= 4 is 14.8 Å². The summed E-state index contributed by atoms with van der Waals surface area (Å²) < 4.78 is 22.7. The lowest BCUT2D eigenvalue weighted by Gasteiger charge is -2.28. The van der Waals surface area contributed by atoms with E-state index in [0.29, 0.717) is 49.2 Å². The van der Waals surface area contributed by atoms with Crippen molar-refractivity contribution in [2.75, 3.05) is 19.8 Å². The molecule has 0 radical (unpaired) electrons. The summed E-state index contributed by atoms with van der Waals surface area (Å²) in [6.07, 6.45) is 1.31. The molecule has 0 amide bonds. The largest absolute Gasteiger partial charge is 0.508 e. The van der Waals surface area contributed by atoms with Crippen LogP contribution in [0.2, 0.25) is 6.04 Å². The molecule has 1 aromatic carbocycles. The van der Waals surface area contributed by atoms with E-state index in [4.69, 9.17) is 18.0 Å². The highest BCUT2D eigenvalue weighted by Gasteiger charge is 2.39. The lowest BCUT2D eigenvalue weighted by atomic mass is 10.1. The van der Waals surface area contributed by atoms with Crippen LogP contribution in [-0.4, -0.2) is 39.7 Å². The van der Waals surface area contributed by atoms with Crippen molar-refractivity contribution in [1.82, 2.24) is 0 Å². The molecule has 0 saturated heterocycles. The molecule has 146 valence electrons. The molecule has 0 unspecified atom stereocenters. The van der Waals surface area contributed by atoms with E-state index >= 15 is 0 Å². The Kier molecular flexibility index (Phi) is 9.57. The van der Waals surface area contributed by atoms with Gasteiger partial charge in [-0.3, -0.25) is 0 Å². The first-order valence-electron chi connectivity index (χ1n) is 8.98. The average Bonchev–Trinajstić information content (AvgIpc) is 2.58. The molecule has 0 saturated carbocycles. The number of aromatic hydroxyl groups is 1. The molecule has 0 spiro atoms. The molecule has 1 N–H and O–H groups in total. The molecule has 0 aliphatic heterocycles. The fourth-order valence-corrected chi connectivity index (χ4v) is 5.13. The quantitative estimate of drug-likeness (QED) is 0.256. The zero-order valence-corrected chi connectivity index (χ0v) is 17.2. The second-order valence-electron chi connectivity index (χ2n) is 5.80. The van der Waals surface area contributed by atoms with Crippen LogP contribution in [0, 0.1) is 0 Å². The number of rotatable bonds is 12. The van der Waals surface area contributed by atoms with Gasteiger partial charge in [0.15, 0.2) is 0 Å². The van der Waals surface area contributed by atoms with Gasteiger partial charge in [0, 0.05) is 31.4 Å². The second-order valence-corrected chi connectivity index (χ2v) is 8.53. The molecular formula is C19H30O6Si. The maximum atomic E-state index is 11.6. The summed E-state index contributed by atoms with van der Waals surface area (Å²) in [7, 11) is -2.70. The Labute approximate surface area is 157 Å². The standard InChI is InChI=1S/C19H30O6Si/c1-6-22-26(23-7-2,24-8-3)13-9-10-16-14-17(11-12-18(16)20)25-19(21)15(4)5/h11-12,14,20H,4,6-10,13H2,1-3,5H3. The van der Waals surface area contributed by atoms with Gasteiger partial charge in [-0.15, -0.1) is 0 Å². The highest BCUT2D eigenvalue weighted by Crippen LogP contribution is 2.27. The number of benzene rings is 1. The fourth-order valence-electron chi connectivity index (χ4n) is 2.52. The summed E-state index contributed by atoms with van der Waals surface area (Å²) in [5.41, 5.74) is 1.02. The first-order chi connectivity index (χ1) is 12.4. The van der Waals surface area contributed by atoms with Crippen molar-refractivity contribution in [3.05, 3.63) is 35.9 Å². The lowest BCUT2D eigenvalue weighted by Crippen LogP contribution is -2.46. The van der Waals surface area contributed by atoms with Crippen LogP contribution in [0.25, 0.3) is 0 Å². The van der Waals surface area contributed by atoms with Crippen molar-refractivity contribution < 1.29 is 27.9 Å². The molecule has 1 rings (SSSR count). The van der Waals surface area contributed by atoms with Crippen molar-refractivity contribution in [3.63, 3.8) is 0 Å². The van der Waals surface area contributed by atoms with E-state index in [1.165, 1.54) is 6.07 Å². The molecule has 0 heterocycles. The van der Waals surface area contributed by atoms with Gasteiger partial charge in [-0.25, -0.2) is 4.79 Å². The summed E-state index contributed by atoms with van der Waals surface area (Å²) >= 11 is 0. The minimum absolute atomic E-state index is 0.164. The van der Waals surface area contributed by atoms with Crippen LogP contribution in [-0.2, 0) is 24.5 Å². The molecule has 0 aliphatic carbocycles. The molecule has 26 heavy (non-hydrogen) atoms. The number of phenolic OH excluding ortho intramolecular Hbond substituents is 1. The van der Waals surface area contributed by atoms with Gasteiger partial charge in [-0.1, -0.05) is 6.58 Å². The van der Waals surface area contributed by atoms with Gasteiger partial charge in [-0.2, -0.15) is 0 Å². The van der Waals surface area contributed by atoms with Gasteiger partial charge >= 0.3 is 14.8 Å². The van der Waals surface area contributed by atoms with Gasteiger partial charge < -0.3 is 23.1 Å². The van der Waals surface area contributed by atoms with Gasteiger partial charge in [-0.05, 0) is 64.3 Å². The van der Waals surface area contributed by atoms with Crippen LogP contribution in [0.3, 0.4) is 0 Å². The normalized spacial score (nSPS) is 11.4. The number of esters is 1. The molecule has 0 bridgehead atoms. The monoisotopic (exact) mass is 382 g/mol. The fraction of sp³-hybridized carbons (Fsp3) is 0.526. The number of carbonyl (C=O) groups is 1. The second kappa shape index (κ2) is 11.1. The van der Waals surface area contributed by atoms with E-state index in [-0.39, 0.29) is 5.75 Å². The van der Waals surface area contributed by atoms with Gasteiger partial charge in [0.2, 0.25) is 0 Å². The Morgan fingerprint density at radius 3 is 2.19 bits per heavy atom. The average molecular weight is 383 g/mol. The van der Waals surface area contributed by atoms with Crippen molar-refractivity contribution in [2.24, 2.45) is 0 Å². The number of carbonyl (C=O) groups excluding carboxylic acids is 1. The zero-order valence-electron chi connectivity index (χ0n) is 16.2. The van der Waals surface area contributed by atoms with Crippen molar-refractivity contribution in [3.8, 4) is 11.5 Å². The maximum Gasteiger partial charge on any atom is 0.500 e. The van der Waals surface area contributed by atoms with E-state index in [9.17, 15) is 9.90 Å². The summed E-state index contributed by atoms with van der Waals surface area (Å²) in [4.78, 5) is 11.6. The summed E-state index contributed by atoms with van der Waals surface area (Å²) in [6, 6.07) is 5.40. The Morgan fingerprint density at radius 1 is 1.12 bits per heavy atom. The third-order valence-electron chi connectivity index (χ3n) is 3.63. The van der Waals surface area contributed by atoms with Crippen molar-refractivity contribution in [1.29, 1.82) is 0 Å². The Hall–Kier alpha value is -1.67. The smallest absolute Gasteiger partial charge is 0.500 e. The minimum atomic E-state index is -2.70. The lowest BCUT2D eigenvalue weighted by molar-refractivity contribution is -0.130. The Balaban J connectivity index is 2.78. The summed E-state index contributed by atoms with van der Waals surface area (Å²) in [5, 5.41) is 10.1. The molecule has 0 aromatic heterocycles. The first kappa shape index (κ1) is 22.4. The molecule has 0 fully saturated rings. The number of hydrogen-bond donors (Lipinski definition) is 1. The Bertz CT molecular complexity index is 585. The Morgan fingerprint density at radius 2 is 1.69 bits per heavy atom. The predicted molar refractivity (Wildman–Crippen MR) is 102 cm³/mol. The minimum Gasteiger partial charge on any atom is -0.508 e. The van der Waals surface area contributed by atoms with Crippen LogP contribution in [0.5, 0.6) is 11.5 Å². The van der Waals surface area contributed by atoms with E-state index in [2.05, 4.69) is 6.58 Å². The molecule has 6 nitrogen and oxygen atoms in total. The van der Waals surface area contributed by atoms with E-state index in [1.54, 1.807) is 19.1 Å². The molecular weight excluding hydrogens is 352 g/mol. The van der Waals surface area contributed by atoms with Crippen LogP contribution in [0.4, 0.5) is 0 Å². The number of phenols is 1. The van der Waals surface area contributed by atoms with E-state index in [0.717, 1.165) is 6.42 Å². The zero-order chi connectivity index (χ0) is 19.6. The maximum absolute atomic E-state index is 11.6. The van der Waals surface area contributed by atoms with Gasteiger partial charge in [0.05, 0.1) is 0 Å². The molecule has 1 aromatic rings. The van der Waals surface area contributed by atoms with E-state index in [1.807, 2.05) is 20.8 Å². The third kappa shape index (κ3) is 6.91. The van der Waals surface area contributed by atoms with Crippen LogP contribution in [0.15, 0.2) is 30.4 Å². The van der Waals surface area contributed by atoms with Crippen LogP contribution >= 0.6 is 0 Å². The van der Waals surface area contributed by atoms with Gasteiger partial charge in [0.25, 0.3) is 0 Å². The molecule has 0 atom stereocenters. The topological polar surface area (TPSA) is 74.2 Å².